The Bertz CT molecular complexity index is 587. The Kier molecular flexibility index (Phi) is 7.44. The molecular weight excluding hydrogens is 352 g/mol. The molecule has 1 aromatic rings. The van der Waals surface area contributed by atoms with E-state index in [2.05, 4.69) is 20.8 Å². The fourth-order valence-electron chi connectivity index (χ4n) is 2.31. The summed E-state index contributed by atoms with van der Waals surface area (Å²) in [4.78, 5) is 34.9. The van der Waals surface area contributed by atoms with Crippen LogP contribution in [0.2, 0.25) is 0 Å². The van der Waals surface area contributed by atoms with Crippen molar-refractivity contribution in [2.45, 2.75) is 36.9 Å². The lowest BCUT2D eigenvalue weighted by atomic mass is 10.1. The van der Waals surface area contributed by atoms with Gasteiger partial charge in [-0.1, -0.05) is 35.9 Å². The smallest absolute Gasteiger partial charge is 0.316 e. The standard InChI is InChI=1S/C14H20N4O4S2/c1-2-22-11(20)8-23-14-18-17-13(24-14)16-10(19)7-15-12(21)9-5-3-4-6-9/h9H,2-8H2,1H3,(H,15,21)(H,16,17,19). The number of hydrogen-bond donors (Lipinski definition) is 2. The van der Waals surface area contributed by atoms with Gasteiger partial charge in [0, 0.05) is 5.92 Å². The van der Waals surface area contributed by atoms with Crippen molar-refractivity contribution < 1.29 is 19.1 Å². The number of nitrogens with zero attached hydrogens (tertiary/aromatic N) is 2. The lowest BCUT2D eigenvalue weighted by Crippen LogP contribution is -2.36. The van der Waals surface area contributed by atoms with Gasteiger partial charge in [-0.2, -0.15) is 0 Å². The fraction of sp³-hybridized carbons (Fsp3) is 0.643. The van der Waals surface area contributed by atoms with Gasteiger partial charge in [0.2, 0.25) is 16.9 Å². The highest BCUT2D eigenvalue weighted by Crippen LogP contribution is 2.26. The molecule has 0 aromatic carbocycles. The first kappa shape index (κ1) is 18.7. The van der Waals surface area contributed by atoms with Crippen LogP contribution in [0.25, 0.3) is 0 Å². The number of carbonyl (C=O) groups excluding carboxylic acids is 3. The Morgan fingerprint density at radius 1 is 1.29 bits per heavy atom. The molecule has 2 N–H and O–H groups in total. The Balaban J connectivity index is 1.70. The van der Waals surface area contributed by atoms with Gasteiger partial charge in [-0.3, -0.25) is 19.7 Å². The first-order valence-corrected chi connectivity index (χ1v) is 9.58. The molecule has 2 amide bonds. The molecule has 0 atom stereocenters. The minimum absolute atomic E-state index is 0.0326. The Morgan fingerprint density at radius 2 is 2.04 bits per heavy atom. The van der Waals surface area contributed by atoms with Gasteiger partial charge < -0.3 is 10.1 Å². The lowest BCUT2D eigenvalue weighted by molar-refractivity contribution is -0.139. The van der Waals surface area contributed by atoms with Crippen LogP contribution in [0.4, 0.5) is 5.13 Å². The summed E-state index contributed by atoms with van der Waals surface area (Å²) in [6.07, 6.45) is 3.93. The van der Waals surface area contributed by atoms with Crippen molar-refractivity contribution in [3.63, 3.8) is 0 Å². The monoisotopic (exact) mass is 372 g/mol. The van der Waals surface area contributed by atoms with Gasteiger partial charge in [0.25, 0.3) is 0 Å². The maximum absolute atomic E-state index is 11.8. The van der Waals surface area contributed by atoms with E-state index in [0.29, 0.717) is 16.1 Å². The predicted octanol–water partition coefficient (Wildman–Crippen LogP) is 1.44. The van der Waals surface area contributed by atoms with Crippen LogP contribution in [-0.4, -0.2) is 46.9 Å². The zero-order valence-corrected chi connectivity index (χ0v) is 15.0. The quantitative estimate of drug-likeness (QED) is 0.403. The van der Waals surface area contributed by atoms with Gasteiger partial charge in [-0.05, 0) is 19.8 Å². The topological polar surface area (TPSA) is 110 Å². The van der Waals surface area contributed by atoms with Crippen molar-refractivity contribution in [2.75, 3.05) is 24.2 Å². The number of thioether (sulfide) groups is 1. The van der Waals surface area contributed by atoms with E-state index in [1.807, 2.05) is 0 Å². The molecule has 1 aliphatic rings. The van der Waals surface area contributed by atoms with Crippen LogP contribution in [-0.2, 0) is 19.1 Å². The second-order valence-corrected chi connectivity index (χ2v) is 7.41. The van der Waals surface area contributed by atoms with E-state index in [4.69, 9.17) is 4.74 Å². The molecule has 1 fully saturated rings. The van der Waals surface area contributed by atoms with Crippen molar-refractivity contribution in [3.05, 3.63) is 0 Å². The summed E-state index contributed by atoms with van der Waals surface area (Å²) in [5.74, 6) is -0.554. The molecule has 0 unspecified atom stereocenters. The largest absolute Gasteiger partial charge is 0.465 e. The van der Waals surface area contributed by atoms with Crippen molar-refractivity contribution >= 4 is 46.0 Å². The van der Waals surface area contributed by atoms with Crippen molar-refractivity contribution in [3.8, 4) is 0 Å². The first-order valence-electron chi connectivity index (χ1n) is 7.78. The van der Waals surface area contributed by atoms with E-state index in [1.54, 1.807) is 6.92 Å². The van der Waals surface area contributed by atoms with Crippen LogP contribution in [0.5, 0.6) is 0 Å². The highest BCUT2D eigenvalue weighted by molar-refractivity contribution is 8.01. The number of aromatic nitrogens is 2. The third-order valence-corrected chi connectivity index (χ3v) is 5.37. The van der Waals surface area contributed by atoms with E-state index < -0.39 is 0 Å². The summed E-state index contributed by atoms with van der Waals surface area (Å²) in [7, 11) is 0. The summed E-state index contributed by atoms with van der Waals surface area (Å²) in [5.41, 5.74) is 0. The first-order chi connectivity index (χ1) is 11.6. The average Bonchev–Trinajstić information content (AvgIpc) is 3.23. The predicted molar refractivity (Wildman–Crippen MR) is 90.9 cm³/mol. The molecule has 0 bridgehead atoms. The normalized spacial score (nSPS) is 14.4. The molecule has 8 nitrogen and oxygen atoms in total. The van der Waals surface area contributed by atoms with E-state index in [0.717, 1.165) is 25.7 Å². The molecule has 1 saturated carbocycles. The Morgan fingerprint density at radius 3 is 2.75 bits per heavy atom. The number of anilines is 1. The lowest BCUT2D eigenvalue weighted by Gasteiger charge is -2.09. The maximum Gasteiger partial charge on any atom is 0.316 e. The molecule has 1 aromatic heterocycles. The van der Waals surface area contributed by atoms with E-state index >= 15 is 0 Å². The summed E-state index contributed by atoms with van der Waals surface area (Å²) >= 11 is 2.37. The molecular formula is C14H20N4O4S2. The van der Waals surface area contributed by atoms with Gasteiger partial charge in [-0.25, -0.2) is 0 Å². The van der Waals surface area contributed by atoms with E-state index in [9.17, 15) is 14.4 Å². The van der Waals surface area contributed by atoms with Gasteiger partial charge in [0.15, 0.2) is 4.34 Å². The van der Waals surface area contributed by atoms with Crippen molar-refractivity contribution in [2.24, 2.45) is 5.92 Å². The molecule has 0 saturated heterocycles. The van der Waals surface area contributed by atoms with E-state index in [-0.39, 0.29) is 36.0 Å². The maximum atomic E-state index is 11.8. The molecule has 24 heavy (non-hydrogen) atoms. The fourth-order valence-corrected chi connectivity index (χ4v) is 3.87. The zero-order chi connectivity index (χ0) is 17.4. The van der Waals surface area contributed by atoms with Crippen LogP contribution >= 0.6 is 23.1 Å². The number of nitrogens with one attached hydrogen (secondary N) is 2. The molecule has 0 radical (unpaired) electrons. The molecule has 132 valence electrons. The third-order valence-electron chi connectivity index (χ3n) is 3.42. The van der Waals surface area contributed by atoms with Gasteiger partial charge in [0.1, 0.15) is 0 Å². The van der Waals surface area contributed by atoms with E-state index in [1.165, 1.54) is 23.1 Å². The van der Waals surface area contributed by atoms with Gasteiger partial charge >= 0.3 is 5.97 Å². The molecule has 0 aliphatic heterocycles. The number of ether oxygens (including phenoxy) is 1. The summed E-state index contributed by atoms with van der Waals surface area (Å²) in [6.45, 7) is 2.00. The summed E-state index contributed by atoms with van der Waals surface area (Å²) in [6, 6.07) is 0. The number of hydrogen-bond acceptors (Lipinski definition) is 8. The molecule has 2 rings (SSSR count). The second-order valence-electron chi connectivity index (χ2n) is 5.21. The minimum Gasteiger partial charge on any atom is -0.465 e. The molecule has 0 spiro atoms. The van der Waals surface area contributed by atoms with Crippen molar-refractivity contribution in [1.82, 2.24) is 15.5 Å². The van der Waals surface area contributed by atoms with Crippen LogP contribution in [0.15, 0.2) is 4.34 Å². The van der Waals surface area contributed by atoms with Crippen LogP contribution in [0.3, 0.4) is 0 Å². The Labute approximate surface area is 148 Å². The Hall–Kier alpha value is -1.68. The number of carbonyl (C=O) groups is 3. The second kappa shape index (κ2) is 9.58. The highest BCUT2D eigenvalue weighted by atomic mass is 32.2. The SMILES string of the molecule is CCOC(=O)CSc1nnc(NC(=O)CNC(=O)C2CCCC2)s1. The highest BCUT2D eigenvalue weighted by Gasteiger charge is 2.22. The average molecular weight is 372 g/mol. The van der Waals surface area contributed by atoms with Gasteiger partial charge in [0.05, 0.1) is 18.9 Å². The minimum atomic E-state index is -0.348. The van der Waals surface area contributed by atoms with Crippen LogP contribution in [0, 0.1) is 5.92 Å². The molecule has 1 aliphatic carbocycles. The van der Waals surface area contributed by atoms with Gasteiger partial charge in [-0.15, -0.1) is 10.2 Å². The zero-order valence-electron chi connectivity index (χ0n) is 13.4. The van der Waals surface area contributed by atoms with Crippen LogP contribution in [0.1, 0.15) is 32.6 Å². The number of amides is 2. The number of esters is 1. The third kappa shape index (κ3) is 6.08. The van der Waals surface area contributed by atoms with Crippen LogP contribution < -0.4 is 10.6 Å². The summed E-state index contributed by atoms with van der Waals surface area (Å²) in [5, 5.41) is 13.3. The summed E-state index contributed by atoms with van der Waals surface area (Å²) < 4.78 is 5.38. The number of rotatable bonds is 8. The molecule has 10 heteroatoms. The molecule has 1 heterocycles. The van der Waals surface area contributed by atoms with Crippen molar-refractivity contribution in [1.29, 1.82) is 0 Å².